The number of carbonyl (C=O) groups excluding carboxylic acids is 2. The van der Waals surface area contributed by atoms with Crippen LogP contribution in [0.3, 0.4) is 0 Å². The molecule has 8 heteroatoms. The second-order valence-electron chi connectivity index (χ2n) is 6.77. The van der Waals surface area contributed by atoms with Crippen molar-refractivity contribution in [2.75, 3.05) is 6.79 Å². The highest BCUT2D eigenvalue weighted by Crippen LogP contribution is 2.34. The first-order valence-electron chi connectivity index (χ1n) is 8.32. The third-order valence-electron chi connectivity index (χ3n) is 4.66. The highest BCUT2D eigenvalue weighted by Gasteiger charge is 2.47. The number of imide groups is 1. The molecule has 2 aromatic carbocycles. The summed E-state index contributed by atoms with van der Waals surface area (Å²) in [7, 11) is 0. The van der Waals surface area contributed by atoms with E-state index in [1.165, 1.54) is 4.90 Å². The Labute approximate surface area is 165 Å². The number of hydrogen-bond acceptors (Lipinski definition) is 4. The Balaban J connectivity index is 1.53. The van der Waals surface area contributed by atoms with Crippen molar-refractivity contribution in [2.45, 2.75) is 25.4 Å². The molecule has 0 bridgehead atoms. The normalized spacial score (nSPS) is 20.9. The third kappa shape index (κ3) is 3.31. The summed E-state index contributed by atoms with van der Waals surface area (Å²) < 4.78 is 10.7. The summed E-state index contributed by atoms with van der Waals surface area (Å²) in [5, 5.41) is 3.60. The first-order valence-corrected chi connectivity index (χ1v) is 9.08. The first kappa shape index (κ1) is 17.9. The average molecular weight is 407 g/mol. The van der Waals surface area contributed by atoms with Crippen LogP contribution in [-0.4, -0.2) is 29.2 Å². The zero-order valence-electron chi connectivity index (χ0n) is 14.4. The van der Waals surface area contributed by atoms with E-state index in [0.29, 0.717) is 28.0 Å². The minimum atomic E-state index is -1.04. The number of ether oxygens (including phenoxy) is 2. The van der Waals surface area contributed by atoms with Crippen molar-refractivity contribution in [3.63, 3.8) is 0 Å². The molecule has 4 rings (SSSR count). The number of benzene rings is 2. The molecule has 140 valence electrons. The molecule has 2 aliphatic heterocycles. The van der Waals surface area contributed by atoms with Gasteiger partial charge in [0.15, 0.2) is 11.5 Å². The molecule has 3 amide bonds. The largest absolute Gasteiger partial charge is 0.454 e. The molecule has 0 spiro atoms. The Morgan fingerprint density at radius 1 is 1.04 bits per heavy atom. The fourth-order valence-corrected chi connectivity index (χ4v) is 3.61. The van der Waals surface area contributed by atoms with Crippen LogP contribution in [0.25, 0.3) is 0 Å². The van der Waals surface area contributed by atoms with Gasteiger partial charge in [0.2, 0.25) is 6.79 Å². The summed E-state index contributed by atoms with van der Waals surface area (Å²) in [5.41, 5.74) is 0.549. The van der Waals surface area contributed by atoms with Crippen LogP contribution in [-0.2, 0) is 17.8 Å². The summed E-state index contributed by atoms with van der Waals surface area (Å²) in [6, 6.07) is 10.1. The number of halogens is 2. The Bertz CT molecular complexity index is 949. The van der Waals surface area contributed by atoms with E-state index in [1.54, 1.807) is 31.2 Å². The Morgan fingerprint density at radius 2 is 1.78 bits per heavy atom. The van der Waals surface area contributed by atoms with E-state index < -0.39 is 11.6 Å². The van der Waals surface area contributed by atoms with Gasteiger partial charge in [-0.25, -0.2) is 4.79 Å². The van der Waals surface area contributed by atoms with Crippen LogP contribution in [0, 0.1) is 0 Å². The topological polar surface area (TPSA) is 67.9 Å². The second-order valence-corrected chi connectivity index (χ2v) is 7.58. The molecule has 27 heavy (non-hydrogen) atoms. The van der Waals surface area contributed by atoms with Gasteiger partial charge in [-0.2, -0.15) is 0 Å². The van der Waals surface area contributed by atoms with Gasteiger partial charge in [0.25, 0.3) is 5.91 Å². The number of rotatable bonds is 4. The van der Waals surface area contributed by atoms with E-state index >= 15 is 0 Å². The molecule has 1 fully saturated rings. The number of nitrogens with zero attached hydrogens (tertiary/aromatic N) is 1. The lowest BCUT2D eigenvalue weighted by Crippen LogP contribution is -2.45. The van der Waals surface area contributed by atoms with Gasteiger partial charge in [-0.15, -0.1) is 0 Å². The molecule has 0 aliphatic carbocycles. The molecular weight excluding hydrogens is 391 g/mol. The van der Waals surface area contributed by atoms with Crippen LogP contribution in [0.2, 0.25) is 10.0 Å². The number of amides is 3. The zero-order valence-corrected chi connectivity index (χ0v) is 15.9. The van der Waals surface area contributed by atoms with E-state index in [2.05, 4.69) is 5.32 Å². The van der Waals surface area contributed by atoms with Crippen molar-refractivity contribution in [1.29, 1.82) is 0 Å². The smallest absolute Gasteiger partial charge is 0.325 e. The number of fused-ring (bicyclic) bond motifs is 1. The Morgan fingerprint density at radius 3 is 2.56 bits per heavy atom. The zero-order chi connectivity index (χ0) is 19.2. The van der Waals surface area contributed by atoms with Crippen LogP contribution >= 0.6 is 23.2 Å². The lowest BCUT2D eigenvalue weighted by Gasteiger charge is -2.22. The maximum Gasteiger partial charge on any atom is 0.325 e. The van der Waals surface area contributed by atoms with Crippen molar-refractivity contribution in [2.24, 2.45) is 0 Å². The van der Waals surface area contributed by atoms with E-state index in [9.17, 15) is 9.59 Å². The Kier molecular flexibility index (Phi) is 4.40. The molecule has 0 radical (unpaired) electrons. The van der Waals surface area contributed by atoms with Crippen molar-refractivity contribution in [1.82, 2.24) is 10.2 Å². The minimum Gasteiger partial charge on any atom is -0.454 e. The number of carbonyl (C=O) groups is 2. The SMILES string of the molecule is C[C@@]1(Cc2ccc3c(c2)OCO3)NC(=O)N(Cc2ccc(Cl)c(Cl)c2)C1=O. The molecule has 1 saturated heterocycles. The van der Waals surface area contributed by atoms with Gasteiger partial charge in [0.05, 0.1) is 16.6 Å². The maximum atomic E-state index is 13.0. The van der Waals surface area contributed by atoms with Crippen LogP contribution in [0.5, 0.6) is 11.5 Å². The molecule has 1 atom stereocenters. The number of hydrogen-bond donors (Lipinski definition) is 1. The molecule has 0 saturated carbocycles. The second kappa shape index (κ2) is 6.62. The molecule has 2 aliphatic rings. The van der Waals surface area contributed by atoms with Gasteiger partial charge in [0, 0.05) is 6.42 Å². The molecular formula is C19H16Cl2N2O4. The molecule has 6 nitrogen and oxygen atoms in total. The fourth-order valence-electron chi connectivity index (χ4n) is 3.29. The standard InChI is InChI=1S/C19H16Cl2N2O4/c1-19(8-11-3-5-15-16(7-11)27-10-26-15)17(24)23(18(25)22-19)9-12-2-4-13(20)14(21)6-12/h2-7H,8-10H2,1H3,(H,22,25)/t19-/m0/s1. The van der Waals surface area contributed by atoms with E-state index in [1.807, 2.05) is 12.1 Å². The quantitative estimate of drug-likeness (QED) is 0.784. The van der Waals surface area contributed by atoms with Crippen molar-refractivity contribution in [3.05, 3.63) is 57.6 Å². The lowest BCUT2D eigenvalue weighted by atomic mass is 9.92. The Hall–Kier alpha value is -2.44. The van der Waals surface area contributed by atoms with E-state index in [4.69, 9.17) is 32.7 Å². The third-order valence-corrected chi connectivity index (χ3v) is 5.40. The van der Waals surface area contributed by atoms with Gasteiger partial charge in [0.1, 0.15) is 5.54 Å². The number of urea groups is 1. The molecule has 2 heterocycles. The van der Waals surface area contributed by atoms with Crippen molar-refractivity contribution in [3.8, 4) is 11.5 Å². The molecule has 1 N–H and O–H groups in total. The minimum absolute atomic E-state index is 0.123. The van der Waals surface area contributed by atoms with Gasteiger partial charge in [-0.05, 0) is 42.3 Å². The molecule has 2 aromatic rings. The lowest BCUT2D eigenvalue weighted by molar-refractivity contribution is -0.131. The van der Waals surface area contributed by atoms with E-state index in [-0.39, 0.29) is 19.2 Å². The van der Waals surface area contributed by atoms with Crippen LogP contribution in [0.1, 0.15) is 18.1 Å². The molecule has 0 aromatic heterocycles. The monoisotopic (exact) mass is 406 g/mol. The summed E-state index contributed by atoms with van der Waals surface area (Å²) in [6.07, 6.45) is 0.339. The highest BCUT2D eigenvalue weighted by molar-refractivity contribution is 6.42. The van der Waals surface area contributed by atoms with Crippen molar-refractivity contribution < 1.29 is 19.1 Å². The van der Waals surface area contributed by atoms with Gasteiger partial charge in [-0.3, -0.25) is 9.69 Å². The summed E-state index contributed by atoms with van der Waals surface area (Å²) in [6.45, 7) is 2.02. The first-order chi connectivity index (χ1) is 12.9. The maximum absolute atomic E-state index is 13.0. The van der Waals surface area contributed by atoms with Crippen molar-refractivity contribution >= 4 is 35.1 Å². The summed E-state index contributed by atoms with van der Waals surface area (Å²) in [5.74, 6) is 1.02. The van der Waals surface area contributed by atoms with Gasteiger partial charge in [-0.1, -0.05) is 35.3 Å². The highest BCUT2D eigenvalue weighted by atomic mass is 35.5. The summed E-state index contributed by atoms with van der Waals surface area (Å²) >= 11 is 11.9. The van der Waals surface area contributed by atoms with Crippen LogP contribution < -0.4 is 14.8 Å². The van der Waals surface area contributed by atoms with Crippen LogP contribution in [0.15, 0.2) is 36.4 Å². The predicted molar refractivity (Wildman–Crippen MR) is 100 cm³/mol. The van der Waals surface area contributed by atoms with Gasteiger partial charge >= 0.3 is 6.03 Å². The van der Waals surface area contributed by atoms with Gasteiger partial charge < -0.3 is 14.8 Å². The molecule has 0 unspecified atom stereocenters. The fraction of sp³-hybridized carbons (Fsp3) is 0.263. The average Bonchev–Trinajstić information content (AvgIpc) is 3.16. The summed E-state index contributed by atoms with van der Waals surface area (Å²) in [4.78, 5) is 26.6. The van der Waals surface area contributed by atoms with E-state index in [0.717, 1.165) is 11.1 Å². The van der Waals surface area contributed by atoms with Crippen LogP contribution in [0.4, 0.5) is 4.79 Å². The number of nitrogens with one attached hydrogen (secondary N) is 1. The predicted octanol–water partition coefficient (Wildman–Crippen LogP) is 3.78.